The molecule has 2 nitrogen and oxygen atoms in total. The van der Waals surface area contributed by atoms with Gasteiger partial charge in [-0.3, -0.25) is 0 Å². The van der Waals surface area contributed by atoms with E-state index in [1.165, 1.54) is 29.7 Å². The van der Waals surface area contributed by atoms with Gasteiger partial charge in [-0.25, -0.2) is 4.98 Å². The predicted octanol–water partition coefficient (Wildman–Crippen LogP) is 4.31. The second-order valence-corrected chi connectivity index (χ2v) is 6.46. The van der Waals surface area contributed by atoms with Gasteiger partial charge in [0.2, 0.25) is 0 Å². The summed E-state index contributed by atoms with van der Waals surface area (Å²) in [5.74, 6) is 0. The van der Waals surface area contributed by atoms with Gasteiger partial charge >= 0.3 is 0 Å². The maximum Gasteiger partial charge on any atom is 0.123 e. The molecular weight excluding hydrogens is 308 g/mol. The molecule has 0 saturated carbocycles. The van der Waals surface area contributed by atoms with Crippen LogP contribution in [0.3, 0.4) is 0 Å². The molecule has 0 spiro atoms. The zero-order valence-corrected chi connectivity index (χ0v) is 12.6. The maximum absolute atomic E-state index is 4.79. The number of benzene rings is 1. The predicted molar refractivity (Wildman–Crippen MR) is 80.0 cm³/mol. The molecule has 1 aromatic heterocycles. The van der Waals surface area contributed by atoms with E-state index in [0.717, 1.165) is 16.0 Å². The van der Waals surface area contributed by atoms with Gasteiger partial charge in [0.1, 0.15) is 5.01 Å². The first kappa shape index (κ1) is 12.3. The smallest absolute Gasteiger partial charge is 0.123 e. The molecule has 94 valence electrons. The Morgan fingerprint density at radius 1 is 1.44 bits per heavy atom. The second-order valence-electron chi connectivity index (χ2n) is 4.69. The molecule has 0 unspecified atom stereocenters. The van der Waals surface area contributed by atoms with E-state index >= 15 is 0 Å². The van der Waals surface area contributed by atoms with E-state index in [-0.39, 0.29) is 0 Å². The third kappa shape index (κ3) is 2.37. The molecule has 4 heteroatoms. The van der Waals surface area contributed by atoms with E-state index in [0.29, 0.717) is 6.04 Å². The summed E-state index contributed by atoms with van der Waals surface area (Å²) in [6.45, 7) is 3.25. The molecule has 18 heavy (non-hydrogen) atoms. The van der Waals surface area contributed by atoms with Crippen LogP contribution in [0.25, 0.3) is 10.6 Å². The molecule has 1 aromatic carbocycles. The number of aryl methyl sites for hydroxylation is 1. The number of halogens is 1. The third-order valence-electron chi connectivity index (χ3n) is 3.36. The van der Waals surface area contributed by atoms with Crippen molar-refractivity contribution < 1.29 is 0 Å². The maximum atomic E-state index is 4.79. The first-order valence-electron chi connectivity index (χ1n) is 6.19. The number of hydrogen-bond acceptors (Lipinski definition) is 3. The molecule has 1 fully saturated rings. The van der Waals surface area contributed by atoms with E-state index in [4.69, 9.17) is 4.98 Å². The molecule has 0 amide bonds. The van der Waals surface area contributed by atoms with Gasteiger partial charge in [-0.15, -0.1) is 11.3 Å². The Kier molecular flexibility index (Phi) is 3.50. The fourth-order valence-corrected chi connectivity index (χ4v) is 3.81. The highest BCUT2D eigenvalue weighted by Crippen LogP contribution is 2.32. The van der Waals surface area contributed by atoms with E-state index < -0.39 is 0 Å². The fourth-order valence-electron chi connectivity index (χ4n) is 2.37. The highest BCUT2D eigenvalue weighted by molar-refractivity contribution is 9.10. The van der Waals surface area contributed by atoms with Crippen molar-refractivity contribution in [1.29, 1.82) is 0 Å². The summed E-state index contributed by atoms with van der Waals surface area (Å²) in [5.41, 5.74) is 3.71. The molecular formula is C14H15BrN2S. The zero-order chi connectivity index (χ0) is 12.5. The summed E-state index contributed by atoms with van der Waals surface area (Å²) in [6.07, 6.45) is 2.47. The SMILES string of the molecule is Cc1cc(Br)ccc1-c1nc([C@@H]2CCCN2)cs1. The molecule has 2 heterocycles. The average molecular weight is 323 g/mol. The van der Waals surface area contributed by atoms with Crippen LogP contribution in [0, 0.1) is 6.92 Å². The van der Waals surface area contributed by atoms with Crippen LogP contribution < -0.4 is 5.32 Å². The molecule has 1 saturated heterocycles. The summed E-state index contributed by atoms with van der Waals surface area (Å²) in [6, 6.07) is 6.83. The first-order valence-corrected chi connectivity index (χ1v) is 7.86. The standard InChI is InChI=1S/C14H15BrN2S/c1-9-7-10(15)4-5-11(9)14-17-13(8-18-14)12-3-2-6-16-12/h4-5,7-8,12,16H,2-3,6H2,1H3/t12-/m0/s1. The fraction of sp³-hybridized carbons (Fsp3) is 0.357. The van der Waals surface area contributed by atoms with Gasteiger partial charge in [-0.2, -0.15) is 0 Å². The molecule has 1 N–H and O–H groups in total. The lowest BCUT2D eigenvalue weighted by Gasteiger charge is -2.06. The minimum atomic E-state index is 0.464. The Labute approximate surface area is 120 Å². The minimum Gasteiger partial charge on any atom is -0.309 e. The van der Waals surface area contributed by atoms with Crippen molar-refractivity contribution in [2.75, 3.05) is 6.54 Å². The third-order valence-corrected chi connectivity index (χ3v) is 4.75. The van der Waals surface area contributed by atoms with E-state index in [2.05, 4.69) is 51.7 Å². The Balaban J connectivity index is 1.92. The molecule has 0 radical (unpaired) electrons. The van der Waals surface area contributed by atoms with Crippen LogP contribution in [0.4, 0.5) is 0 Å². The number of aromatic nitrogens is 1. The Morgan fingerprint density at radius 2 is 2.33 bits per heavy atom. The quantitative estimate of drug-likeness (QED) is 0.891. The zero-order valence-electron chi connectivity index (χ0n) is 10.2. The molecule has 2 aromatic rings. The number of hydrogen-bond donors (Lipinski definition) is 1. The van der Waals surface area contributed by atoms with Crippen molar-refractivity contribution >= 4 is 27.3 Å². The van der Waals surface area contributed by atoms with Crippen LogP contribution in [0.15, 0.2) is 28.1 Å². The average Bonchev–Trinajstić information content (AvgIpc) is 2.99. The van der Waals surface area contributed by atoms with Gasteiger partial charge < -0.3 is 5.32 Å². The highest BCUT2D eigenvalue weighted by Gasteiger charge is 2.19. The van der Waals surface area contributed by atoms with Crippen molar-refractivity contribution in [1.82, 2.24) is 10.3 Å². The van der Waals surface area contributed by atoms with Gasteiger partial charge in [0.15, 0.2) is 0 Å². The summed E-state index contributed by atoms with van der Waals surface area (Å²) in [5, 5.41) is 6.82. The van der Waals surface area contributed by atoms with Crippen molar-refractivity contribution in [3.8, 4) is 10.6 Å². The Bertz CT molecular complexity index is 559. The summed E-state index contributed by atoms with van der Waals surface area (Å²) in [7, 11) is 0. The van der Waals surface area contributed by atoms with E-state index in [1.54, 1.807) is 11.3 Å². The Hall–Kier alpha value is -0.710. The van der Waals surface area contributed by atoms with Gasteiger partial charge in [0.05, 0.1) is 11.7 Å². The number of nitrogens with one attached hydrogen (secondary N) is 1. The molecule has 0 bridgehead atoms. The second kappa shape index (κ2) is 5.11. The topological polar surface area (TPSA) is 24.9 Å². The monoisotopic (exact) mass is 322 g/mol. The van der Waals surface area contributed by atoms with Crippen molar-refractivity contribution in [2.45, 2.75) is 25.8 Å². The summed E-state index contributed by atoms with van der Waals surface area (Å²) < 4.78 is 1.12. The lowest BCUT2D eigenvalue weighted by Crippen LogP contribution is -2.12. The van der Waals surface area contributed by atoms with Crippen molar-refractivity contribution in [3.05, 3.63) is 39.3 Å². The van der Waals surface area contributed by atoms with Crippen LogP contribution >= 0.6 is 27.3 Å². The molecule has 1 aliphatic rings. The van der Waals surface area contributed by atoms with Crippen molar-refractivity contribution in [3.63, 3.8) is 0 Å². The van der Waals surface area contributed by atoms with Crippen LogP contribution in [0.2, 0.25) is 0 Å². The molecule has 3 rings (SSSR count). The number of rotatable bonds is 2. The minimum absolute atomic E-state index is 0.464. The van der Waals surface area contributed by atoms with Gasteiger partial charge in [0, 0.05) is 15.4 Å². The lowest BCUT2D eigenvalue weighted by molar-refractivity contribution is 0.632. The van der Waals surface area contributed by atoms with Crippen LogP contribution in [-0.4, -0.2) is 11.5 Å². The van der Waals surface area contributed by atoms with E-state index in [1.807, 2.05) is 0 Å². The highest BCUT2D eigenvalue weighted by atomic mass is 79.9. The largest absolute Gasteiger partial charge is 0.309 e. The van der Waals surface area contributed by atoms with Crippen LogP contribution in [0.5, 0.6) is 0 Å². The summed E-state index contributed by atoms with van der Waals surface area (Å²) >= 11 is 5.24. The Morgan fingerprint density at radius 3 is 3.06 bits per heavy atom. The van der Waals surface area contributed by atoms with Crippen LogP contribution in [0.1, 0.15) is 30.1 Å². The van der Waals surface area contributed by atoms with E-state index in [9.17, 15) is 0 Å². The first-order chi connectivity index (χ1) is 8.74. The normalized spacial score (nSPS) is 19.3. The van der Waals surface area contributed by atoms with Crippen LogP contribution in [-0.2, 0) is 0 Å². The summed E-state index contributed by atoms with van der Waals surface area (Å²) in [4.78, 5) is 4.79. The molecule has 1 aliphatic heterocycles. The number of nitrogens with zero attached hydrogens (tertiary/aromatic N) is 1. The molecule has 1 atom stereocenters. The van der Waals surface area contributed by atoms with Gasteiger partial charge in [0.25, 0.3) is 0 Å². The van der Waals surface area contributed by atoms with Gasteiger partial charge in [-0.05, 0) is 44.0 Å². The van der Waals surface area contributed by atoms with Crippen molar-refractivity contribution in [2.24, 2.45) is 0 Å². The number of thiazole rings is 1. The lowest BCUT2D eigenvalue weighted by atomic mass is 10.1. The molecule has 0 aliphatic carbocycles. The van der Waals surface area contributed by atoms with Gasteiger partial charge in [-0.1, -0.05) is 22.0 Å².